The lowest BCUT2D eigenvalue weighted by Gasteiger charge is -2.21. The molecule has 1 amide bonds. The molecule has 2 rings (SSSR count). The zero-order chi connectivity index (χ0) is 15.8. The molecule has 0 N–H and O–H groups in total. The third-order valence-corrected chi connectivity index (χ3v) is 4.35. The lowest BCUT2D eigenvalue weighted by Crippen LogP contribution is -2.40. The molecule has 1 aliphatic rings. The van der Waals surface area contributed by atoms with Gasteiger partial charge in [-0.25, -0.2) is 0 Å². The zero-order valence-electron chi connectivity index (χ0n) is 13.3. The first-order valence-corrected chi connectivity index (χ1v) is 8.66. The standard InChI is InChI=1S/C18H25NO2S/c1-2-3-4-5-9-12-17(20)19-16(14-21-18(19)22)13-15-10-7-6-8-11-15/h6-8,10-11,16H,2-5,9,12-14H2,1H3/t16-/m0/s1. The Morgan fingerprint density at radius 1 is 1.23 bits per heavy atom. The molecule has 4 heteroatoms. The number of rotatable bonds is 8. The molecule has 1 saturated heterocycles. The molecule has 0 spiro atoms. The average molecular weight is 319 g/mol. The number of benzene rings is 1. The summed E-state index contributed by atoms with van der Waals surface area (Å²) in [7, 11) is 0. The van der Waals surface area contributed by atoms with Crippen molar-refractivity contribution in [2.45, 2.75) is 57.9 Å². The summed E-state index contributed by atoms with van der Waals surface area (Å²) < 4.78 is 5.45. The van der Waals surface area contributed by atoms with Gasteiger partial charge in [0.25, 0.3) is 5.17 Å². The molecule has 1 aromatic carbocycles. The maximum absolute atomic E-state index is 12.4. The van der Waals surface area contributed by atoms with Gasteiger partial charge in [0.05, 0.1) is 6.04 Å². The van der Waals surface area contributed by atoms with Crippen molar-refractivity contribution in [2.24, 2.45) is 0 Å². The van der Waals surface area contributed by atoms with Crippen LogP contribution < -0.4 is 0 Å². The number of thiocarbonyl (C=S) groups is 1. The van der Waals surface area contributed by atoms with Gasteiger partial charge in [0.2, 0.25) is 5.91 Å². The summed E-state index contributed by atoms with van der Waals surface area (Å²) in [4.78, 5) is 14.1. The van der Waals surface area contributed by atoms with Gasteiger partial charge >= 0.3 is 0 Å². The molecule has 22 heavy (non-hydrogen) atoms. The normalized spacial score (nSPS) is 17.6. The maximum Gasteiger partial charge on any atom is 0.266 e. The van der Waals surface area contributed by atoms with E-state index in [1.807, 2.05) is 18.2 Å². The quantitative estimate of drug-likeness (QED) is 0.533. The van der Waals surface area contributed by atoms with E-state index in [0.717, 1.165) is 19.3 Å². The fourth-order valence-electron chi connectivity index (χ4n) is 2.80. The van der Waals surface area contributed by atoms with Crippen LogP contribution in [0.4, 0.5) is 0 Å². The second kappa shape index (κ2) is 8.89. The summed E-state index contributed by atoms with van der Waals surface area (Å²) >= 11 is 5.21. The molecule has 3 nitrogen and oxygen atoms in total. The minimum atomic E-state index is 0.0399. The molecular weight excluding hydrogens is 294 g/mol. The smallest absolute Gasteiger partial charge is 0.266 e. The highest BCUT2D eigenvalue weighted by Crippen LogP contribution is 2.19. The Balaban J connectivity index is 1.86. The van der Waals surface area contributed by atoms with Gasteiger partial charge in [-0.15, -0.1) is 0 Å². The number of carbonyl (C=O) groups is 1. The molecule has 0 aromatic heterocycles. The number of ether oxygens (including phenoxy) is 1. The Morgan fingerprint density at radius 2 is 1.95 bits per heavy atom. The number of unbranched alkanes of at least 4 members (excludes halogenated alkanes) is 4. The topological polar surface area (TPSA) is 29.5 Å². The van der Waals surface area contributed by atoms with E-state index >= 15 is 0 Å². The van der Waals surface area contributed by atoms with E-state index in [1.54, 1.807) is 4.90 Å². The molecule has 1 aliphatic heterocycles. The number of amides is 1. The lowest BCUT2D eigenvalue weighted by molar-refractivity contribution is -0.128. The van der Waals surface area contributed by atoms with E-state index in [0.29, 0.717) is 18.2 Å². The van der Waals surface area contributed by atoms with E-state index in [2.05, 4.69) is 19.1 Å². The van der Waals surface area contributed by atoms with Crippen molar-refractivity contribution in [1.82, 2.24) is 4.90 Å². The predicted octanol–water partition coefficient (Wildman–Crippen LogP) is 4.10. The molecule has 0 bridgehead atoms. The molecule has 120 valence electrons. The van der Waals surface area contributed by atoms with Crippen LogP contribution in [0.1, 0.15) is 51.0 Å². The van der Waals surface area contributed by atoms with Crippen molar-refractivity contribution in [1.29, 1.82) is 0 Å². The van der Waals surface area contributed by atoms with Gasteiger partial charge in [0, 0.05) is 6.42 Å². The lowest BCUT2D eigenvalue weighted by atomic mass is 10.1. The van der Waals surface area contributed by atoms with Gasteiger partial charge in [0.1, 0.15) is 6.61 Å². The summed E-state index contributed by atoms with van der Waals surface area (Å²) in [6, 6.07) is 10.2. The number of carbonyl (C=O) groups excluding carboxylic acids is 1. The van der Waals surface area contributed by atoms with Gasteiger partial charge < -0.3 is 4.74 Å². The summed E-state index contributed by atoms with van der Waals surface area (Å²) in [6.07, 6.45) is 7.09. The van der Waals surface area contributed by atoms with E-state index in [9.17, 15) is 4.79 Å². The fourth-order valence-corrected chi connectivity index (χ4v) is 3.12. The second-order valence-electron chi connectivity index (χ2n) is 5.85. The highest BCUT2D eigenvalue weighted by Gasteiger charge is 2.34. The first-order valence-electron chi connectivity index (χ1n) is 8.25. The van der Waals surface area contributed by atoms with Crippen LogP contribution in [-0.2, 0) is 16.0 Å². The Hall–Kier alpha value is -1.42. The van der Waals surface area contributed by atoms with Crippen molar-refractivity contribution < 1.29 is 9.53 Å². The van der Waals surface area contributed by atoms with E-state index in [4.69, 9.17) is 17.0 Å². The average Bonchev–Trinajstić information content (AvgIpc) is 2.88. The van der Waals surface area contributed by atoms with Crippen molar-refractivity contribution in [2.75, 3.05) is 6.61 Å². The Kier molecular flexibility index (Phi) is 6.84. The fraction of sp³-hybridized carbons (Fsp3) is 0.556. The monoisotopic (exact) mass is 319 g/mol. The van der Waals surface area contributed by atoms with E-state index in [1.165, 1.54) is 24.8 Å². The van der Waals surface area contributed by atoms with E-state index < -0.39 is 0 Å². The molecule has 0 radical (unpaired) electrons. The molecule has 1 aromatic rings. The third kappa shape index (κ3) is 4.80. The van der Waals surface area contributed by atoms with Crippen LogP contribution in [0.5, 0.6) is 0 Å². The van der Waals surface area contributed by atoms with Crippen molar-refractivity contribution in [3.05, 3.63) is 35.9 Å². The van der Waals surface area contributed by atoms with Gasteiger partial charge in [-0.1, -0.05) is 62.9 Å². The van der Waals surface area contributed by atoms with Crippen LogP contribution in [0.25, 0.3) is 0 Å². The van der Waals surface area contributed by atoms with Gasteiger partial charge in [-0.05, 0) is 30.6 Å². The zero-order valence-corrected chi connectivity index (χ0v) is 14.1. The van der Waals surface area contributed by atoms with Crippen LogP contribution in [0, 0.1) is 0 Å². The third-order valence-electron chi connectivity index (χ3n) is 4.04. The van der Waals surface area contributed by atoms with Crippen LogP contribution in [0.3, 0.4) is 0 Å². The molecular formula is C18H25NO2S. The minimum Gasteiger partial charge on any atom is -0.468 e. The summed E-state index contributed by atoms with van der Waals surface area (Å²) in [6.45, 7) is 2.70. The molecule has 1 atom stereocenters. The summed E-state index contributed by atoms with van der Waals surface area (Å²) in [5.74, 6) is 0.111. The molecule has 1 fully saturated rings. The van der Waals surface area contributed by atoms with E-state index in [-0.39, 0.29) is 11.9 Å². The SMILES string of the molecule is CCCCCCCC(=O)N1C(=S)OC[C@@H]1Cc1ccccc1. The summed E-state index contributed by atoms with van der Waals surface area (Å²) in [5.41, 5.74) is 1.21. The highest BCUT2D eigenvalue weighted by atomic mass is 32.1. The highest BCUT2D eigenvalue weighted by molar-refractivity contribution is 7.80. The molecule has 0 aliphatic carbocycles. The molecule has 0 saturated carbocycles. The van der Waals surface area contributed by atoms with Crippen LogP contribution in [0.2, 0.25) is 0 Å². The van der Waals surface area contributed by atoms with Crippen LogP contribution in [0.15, 0.2) is 30.3 Å². The number of hydrogen-bond acceptors (Lipinski definition) is 3. The van der Waals surface area contributed by atoms with Gasteiger partial charge in [-0.2, -0.15) is 0 Å². The minimum absolute atomic E-state index is 0.0399. The number of hydrogen-bond donors (Lipinski definition) is 0. The van der Waals surface area contributed by atoms with Crippen LogP contribution >= 0.6 is 12.2 Å². The number of nitrogens with zero attached hydrogens (tertiary/aromatic N) is 1. The van der Waals surface area contributed by atoms with Gasteiger partial charge in [0.15, 0.2) is 0 Å². The maximum atomic E-state index is 12.4. The first kappa shape index (κ1) is 16.9. The largest absolute Gasteiger partial charge is 0.468 e. The molecule has 0 unspecified atom stereocenters. The second-order valence-corrected chi connectivity index (χ2v) is 6.20. The Morgan fingerprint density at radius 3 is 2.68 bits per heavy atom. The Bertz CT molecular complexity index is 489. The van der Waals surface area contributed by atoms with Crippen molar-refractivity contribution >= 4 is 23.3 Å². The first-order chi connectivity index (χ1) is 10.7. The molecule has 1 heterocycles. The van der Waals surface area contributed by atoms with Crippen molar-refractivity contribution in [3.8, 4) is 0 Å². The summed E-state index contributed by atoms with van der Waals surface area (Å²) in [5, 5.41) is 0.347. The predicted molar refractivity (Wildman–Crippen MR) is 92.7 cm³/mol. The Labute approximate surface area is 138 Å². The van der Waals surface area contributed by atoms with Crippen molar-refractivity contribution in [3.63, 3.8) is 0 Å². The van der Waals surface area contributed by atoms with Gasteiger partial charge in [-0.3, -0.25) is 9.69 Å². The van der Waals surface area contributed by atoms with Crippen LogP contribution in [-0.4, -0.2) is 28.6 Å².